The third-order valence-electron chi connectivity index (χ3n) is 3.82. The molecule has 1 atom stereocenters. The molecular weight excluding hydrogens is 353 g/mol. The summed E-state index contributed by atoms with van der Waals surface area (Å²) >= 11 is 0. The van der Waals surface area contributed by atoms with Crippen LogP contribution in [0.15, 0.2) is 24.7 Å². The van der Waals surface area contributed by atoms with E-state index in [1.165, 1.54) is 0 Å². The first-order valence-corrected chi connectivity index (χ1v) is 7.63. The first-order valence-electron chi connectivity index (χ1n) is 7.63. The molecule has 10 heteroatoms. The fourth-order valence-electron chi connectivity index (χ4n) is 2.66. The van der Waals surface area contributed by atoms with Crippen molar-refractivity contribution < 1.29 is 4.79 Å². The van der Waals surface area contributed by atoms with Gasteiger partial charge in [0, 0.05) is 18.4 Å². The number of nitrogens with zero attached hydrogens (tertiary/aromatic N) is 5. The third kappa shape index (κ3) is 5.19. The van der Waals surface area contributed by atoms with Gasteiger partial charge in [-0.25, -0.2) is 4.68 Å². The number of hydrogen-bond acceptors (Lipinski definition) is 5. The molecule has 0 aliphatic carbocycles. The Morgan fingerprint density at radius 1 is 1.42 bits per heavy atom. The van der Waals surface area contributed by atoms with E-state index in [9.17, 15) is 4.79 Å². The van der Waals surface area contributed by atoms with Crippen LogP contribution in [-0.4, -0.2) is 49.8 Å². The quantitative estimate of drug-likeness (QED) is 0.815. The molecule has 1 unspecified atom stereocenters. The number of nitrogens with one attached hydrogen (secondary N) is 2. The summed E-state index contributed by atoms with van der Waals surface area (Å²) in [5, 5.41) is 18.5. The SMILES string of the molecule is CC(Cn1cccn1)NC(=O)c1cn(C2CCNCC2)nn1.Cl.Cl. The predicted molar refractivity (Wildman–Crippen MR) is 94.8 cm³/mol. The van der Waals surface area contributed by atoms with Gasteiger partial charge < -0.3 is 10.6 Å². The van der Waals surface area contributed by atoms with E-state index in [0.29, 0.717) is 18.3 Å². The summed E-state index contributed by atoms with van der Waals surface area (Å²) in [7, 11) is 0. The minimum Gasteiger partial charge on any atom is -0.346 e. The Bertz CT molecular complexity index is 610. The number of rotatable bonds is 5. The minimum absolute atomic E-state index is 0. The maximum absolute atomic E-state index is 12.2. The van der Waals surface area contributed by atoms with Crippen LogP contribution in [0.1, 0.15) is 36.3 Å². The van der Waals surface area contributed by atoms with Gasteiger partial charge in [-0.15, -0.1) is 29.9 Å². The average Bonchev–Trinajstić information content (AvgIpc) is 3.19. The molecule has 0 bridgehead atoms. The smallest absolute Gasteiger partial charge is 0.273 e. The molecule has 0 radical (unpaired) electrons. The van der Waals surface area contributed by atoms with E-state index in [1.54, 1.807) is 17.1 Å². The fraction of sp³-hybridized carbons (Fsp3) is 0.571. The van der Waals surface area contributed by atoms with Gasteiger partial charge in [-0.2, -0.15) is 5.10 Å². The van der Waals surface area contributed by atoms with Crippen LogP contribution in [-0.2, 0) is 6.54 Å². The first kappa shape index (κ1) is 20.4. The van der Waals surface area contributed by atoms with Crippen molar-refractivity contribution in [3.8, 4) is 0 Å². The van der Waals surface area contributed by atoms with Crippen LogP contribution in [0, 0.1) is 0 Å². The van der Waals surface area contributed by atoms with Gasteiger partial charge >= 0.3 is 0 Å². The standard InChI is InChI=1S/C14H21N7O.2ClH/c1-11(9-20-8-2-5-16-20)17-14(22)13-10-21(19-18-13)12-3-6-15-7-4-12;;/h2,5,8,10-12,15H,3-4,6-7,9H2,1H3,(H,17,22);2*1H. The Kier molecular flexibility index (Phi) is 8.17. The highest BCUT2D eigenvalue weighted by atomic mass is 35.5. The van der Waals surface area contributed by atoms with Gasteiger partial charge in [0.25, 0.3) is 5.91 Å². The Morgan fingerprint density at radius 3 is 2.83 bits per heavy atom. The van der Waals surface area contributed by atoms with Gasteiger partial charge in [-0.3, -0.25) is 9.48 Å². The Hall–Kier alpha value is -1.64. The van der Waals surface area contributed by atoms with Crippen molar-refractivity contribution in [2.45, 2.75) is 38.4 Å². The number of amides is 1. The van der Waals surface area contributed by atoms with Gasteiger partial charge in [-0.1, -0.05) is 5.21 Å². The first-order chi connectivity index (χ1) is 10.7. The molecule has 2 aromatic rings. The summed E-state index contributed by atoms with van der Waals surface area (Å²) in [6.07, 6.45) is 7.36. The topological polar surface area (TPSA) is 89.7 Å². The Balaban J connectivity index is 0.00000144. The zero-order valence-corrected chi connectivity index (χ0v) is 15.1. The molecule has 2 aromatic heterocycles. The zero-order valence-electron chi connectivity index (χ0n) is 13.5. The van der Waals surface area contributed by atoms with Crippen LogP contribution in [0.25, 0.3) is 0 Å². The van der Waals surface area contributed by atoms with E-state index < -0.39 is 0 Å². The lowest BCUT2D eigenvalue weighted by molar-refractivity contribution is 0.0931. The molecule has 2 N–H and O–H groups in total. The van der Waals surface area contributed by atoms with E-state index in [4.69, 9.17) is 0 Å². The molecule has 1 amide bonds. The molecule has 1 fully saturated rings. The van der Waals surface area contributed by atoms with E-state index in [0.717, 1.165) is 25.9 Å². The second kappa shape index (κ2) is 9.61. The Labute approximate surface area is 153 Å². The normalized spacial score (nSPS) is 15.9. The summed E-state index contributed by atoms with van der Waals surface area (Å²) in [6.45, 7) is 4.53. The number of carbonyl (C=O) groups is 1. The van der Waals surface area contributed by atoms with Crippen molar-refractivity contribution in [2.24, 2.45) is 0 Å². The molecule has 8 nitrogen and oxygen atoms in total. The monoisotopic (exact) mass is 375 g/mol. The predicted octanol–water partition coefficient (Wildman–Crippen LogP) is 1.06. The summed E-state index contributed by atoms with van der Waals surface area (Å²) in [4.78, 5) is 12.2. The molecule has 0 aromatic carbocycles. The highest BCUT2D eigenvalue weighted by molar-refractivity contribution is 5.92. The van der Waals surface area contributed by atoms with Crippen molar-refractivity contribution in [3.63, 3.8) is 0 Å². The summed E-state index contributed by atoms with van der Waals surface area (Å²) < 4.78 is 3.60. The molecule has 0 saturated carbocycles. The van der Waals surface area contributed by atoms with Crippen molar-refractivity contribution in [3.05, 3.63) is 30.4 Å². The van der Waals surface area contributed by atoms with E-state index >= 15 is 0 Å². The van der Waals surface area contributed by atoms with Crippen molar-refractivity contribution in [1.82, 2.24) is 35.4 Å². The number of hydrogen-bond donors (Lipinski definition) is 2. The van der Waals surface area contributed by atoms with Gasteiger partial charge in [0.2, 0.25) is 0 Å². The van der Waals surface area contributed by atoms with E-state index in [1.807, 2.05) is 23.9 Å². The largest absolute Gasteiger partial charge is 0.346 e. The molecule has 24 heavy (non-hydrogen) atoms. The van der Waals surface area contributed by atoms with Crippen LogP contribution >= 0.6 is 24.8 Å². The lowest BCUT2D eigenvalue weighted by Gasteiger charge is -2.22. The zero-order chi connectivity index (χ0) is 15.4. The fourth-order valence-corrected chi connectivity index (χ4v) is 2.66. The van der Waals surface area contributed by atoms with Crippen LogP contribution in [0.3, 0.4) is 0 Å². The van der Waals surface area contributed by atoms with Crippen LogP contribution in [0.5, 0.6) is 0 Å². The lowest BCUT2D eigenvalue weighted by Crippen LogP contribution is -2.36. The van der Waals surface area contributed by atoms with Crippen LogP contribution < -0.4 is 10.6 Å². The van der Waals surface area contributed by atoms with Crippen molar-refractivity contribution in [2.75, 3.05) is 13.1 Å². The Morgan fingerprint density at radius 2 is 2.17 bits per heavy atom. The number of halogens is 2. The van der Waals surface area contributed by atoms with E-state index in [-0.39, 0.29) is 36.8 Å². The van der Waals surface area contributed by atoms with Gasteiger partial charge in [0.15, 0.2) is 5.69 Å². The van der Waals surface area contributed by atoms with E-state index in [2.05, 4.69) is 26.0 Å². The average molecular weight is 376 g/mol. The van der Waals surface area contributed by atoms with Gasteiger partial charge in [0.05, 0.1) is 18.8 Å². The van der Waals surface area contributed by atoms with Crippen molar-refractivity contribution >= 4 is 30.7 Å². The summed E-state index contributed by atoms with van der Waals surface area (Å²) in [5.41, 5.74) is 0.367. The number of piperidine rings is 1. The molecule has 1 saturated heterocycles. The maximum atomic E-state index is 12.2. The second-order valence-corrected chi connectivity index (χ2v) is 5.67. The second-order valence-electron chi connectivity index (χ2n) is 5.67. The molecule has 1 aliphatic rings. The maximum Gasteiger partial charge on any atom is 0.273 e. The summed E-state index contributed by atoms with van der Waals surface area (Å²) in [5.74, 6) is -0.195. The van der Waals surface area contributed by atoms with Gasteiger partial charge in [-0.05, 0) is 38.9 Å². The molecule has 1 aliphatic heterocycles. The molecule has 3 rings (SSSR count). The number of aromatic nitrogens is 5. The minimum atomic E-state index is -0.195. The highest BCUT2D eigenvalue weighted by Crippen LogP contribution is 2.16. The number of carbonyl (C=O) groups excluding carboxylic acids is 1. The molecule has 0 spiro atoms. The summed E-state index contributed by atoms with van der Waals surface area (Å²) in [6, 6.07) is 2.16. The van der Waals surface area contributed by atoms with Gasteiger partial charge in [0.1, 0.15) is 0 Å². The highest BCUT2D eigenvalue weighted by Gasteiger charge is 2.19. The third-order valence-corrected chi connectivity index (χ3v) is 3.82. The molecular formula is C14H23Cl2N7O. The molecule has 3 heterocycles. The molecule has 134 valence electrons. The lowest BCUT2D eigenvalue weighted by atomic mass is 10.1. The van der Waals surface area contributed by atoms with Crippen LogP contribution in [0.2, 0.25) is 0 Å². The van der Waals surface area contributed by atoms with Crippen LogP contribution in [0.4, 0.5) is 0 Å². The van der Waals surface area contributed by atoms with Crippen molar-refractivity contribution in [1.29, 1.82) is 0 Å².